The average molecular weight is 146 g/mol. The molecule has 0 spiro atoms. The molecule has 0 heterocycles. The van der Waals surface area contributed by atoms with E-state index in [0.717, 1.165) is 0 Å². The van der Waals surface area contributed by atoms with Crippen LogP contribution in [0.3, 0.4) is 0 Å². The summed E-state index contributed by atoms with van der Waals surface area (Å²) in [7, 11) is -1.58. The van der Waals surface area contributed by atoms with Gasteiger partial charge in [-0.15, -0.1) is 0 Å². The summed E-state index contributed by atoms with van der Waals surface area (Å²) in [5, 5.41) is 7.96. The largest absolute Gasteiger partial charge is 1.00 e. The minimum atomic E-state index is -1.58. The van der Waals surface area contributed by atoms with Crippen molar-refractivity contribution in [3.8, 4) is 0 Å². The first kappa shape index (κ1) is 11.6. The van der Waals surface area contributed by atoms with Crippen LogP contribution < -0.4 is 51.4 Å². The van der Waals surface area contributed by atoms with Crippen LogP contribution in [-0.4, -0.2) is 13.6 Å². The Kier molecular flexibility index (Phi) is 7.65. The van der Waals surface area contributed by atoms with Gasteiger partial charge in [-0.3, -0.25) is 9.83 Å². The molecule has 0 atom stereocenters. The Bertz CT molecular complexity index is 47.0. The van der Waals surface area contributed by atoms with Gasteiger partial charge in [-0.05, 0) is 19.6 Å². The third kappa shape index (κ3) is 11.4. The Hall–Kier alpha value is 1.77. The maximum absolute atomic E-state index is 7.96. The Labute approximate surface area is 89.2 Å². The van der Waals surface area contributed by atoms with Crippen molar-refractivity contribution in [3.63, 3.8) is 0 Å². The second kappa shape index (κ2) is 4.63. The molecule has 0 fully saturated rings. The van der Waals surface area contributed by atoms with Gasteiger partial charge in [0.1, 0.15) is 0 Å². The van der Waals surface area contributed by atoms with Gasteiger partial charge in [0, 0.05) is 0 Å². The molecule has 0 aromatic heterocycles. The van der Waals surface area contributed by atoms with Gasteiger partial charge in [-0.2, -0.15) is 0 Å². The van der Waals surface area contributed by atoms with Gasteiger partial charge in [-0.1, -0.05) is 0 Å². The Morgan fingerprint density at radius 2 is 1.57 bits per heavy atom. The van der Waals surface area contributed by atoms with Crippen molar-refractivity contribution in [2.24, 2.45) is 0 Å². The van der Waals surface area contributed by atoms with Gasteiger partial charge in [-0.25, -0.2) is 0 Å². The first-order valence-corrected chi connectivity index (χ1v) is 5.29. The second-order valence-electron chi connectivity index (χ2n) is 2.20. The second-order valence-corrected chi connectivity index (χ2v) is 6.61. The van der Waals surface area contributed by atoms with Gasteiger partial charge in [0.2, 0.25) is 8.32 Å². The molecule has 0 aliphatic rings. The molecule has 40 valence electrons. The van der Waals surface area contributed by atoms with Crippen molar-refractivity contribution in [1.29, 1.82) is 0 Å². The van der Waals surface area contributed by atoms with Crippen molar-refractivity contribution < 1.29 is 62.6 Å². The topological polar surface area (TPSA) is 29.5 Å². The summed E-state index contributed by atoms with van der Waals surface area (Å²) < 4.78 is 4.08. The van der Waals surface area contributed by atoms with E-state index in [4.69, 9.17) is 5.26 Å². The molecule has 7 heavy (non-hydrogen) atoms. The first-order chi connectivity index (χ1) is 2.56. The molecule has 1 N–H and O–H groups in total. The molecular formula is C3H11KO2Si. The van der Waals surface area contributed by atoms with Crippen LogP contribution >= 0.6 is 0 Å². The molecule has 0 bridgehead atoms. The SMILES string of the molecule is C[Si](C)(C)OO.[H-].[K+]. The third-order valence-electron chi connectivity index (χ3n) is 0.274. The van der Waals surface area contributed by atoms with Crippen molar-refractivity contribution in [2.45, 2.75) is 19.6 Å². The van der Waals surface area contributed by atoms with E-state index in [9.17, 15) is 0 Å². The van der Waals surface area contributed by atoms with Crippen LogP contribution in [0.4, 0.5) is 0 Å². The quantitative estimate of drug-likeness (QED) is 0.275. The molecule has 0 amide bonds. The van der Waals surface area contributed by atoms with Crippen molar-refractivity contribution >= 4 is 8.32 Å². The Morgan fingerprint density at radius 3 is 1.57 bits per heavy atom. The number of hydrogen-bond donors (Lipinski definition) is 1. The van der Waals surface area contributed by atoms with E-state index in [1.807, 2.05) is 19.6 Å². The molecule has 0 aromatic carbocycles. The van der Waals surface area contributed by atoms with Crippen LogP contribution in [0.1, 0.15) is 1.43 Å². The zero-order valence-corrected chi connectivity index (χ0v) is 9.48. The molecule has 0 saturated heterocycles. The zero-order chi connectivity index (χ0) is 5.21. The fourth-order valence-electron chi connectivity index (χ4n) is 0. The van der Waals surface area contributed by atoms with Gasteiger partial charge in [0.15, 0.2) is 0 Å². The molecular weight excluding hydrogens is 135 g/mol. The zero-order valence-electron chi connectivity index (χ0n) is 6.36. The summed E-state index contributed by atoms with van der Waals surface area (Å²) in [5.74, 6) is 0. The molecule has 0 unspecified atom stereocenters. The number of hydrogen-bond acceptors (Lipinski definition) is 2. The minimum absolute atomic E-state index is 0. The molecule has 0 radical (unpaired) electrons. The molecule has 0 aliphatic carbocycles. The fourth-order valence-corrected chi connectivity index (χ4v) is 0. The molecule has 0 rings (SSSR count). The van der Waals surface area contributed by atoms with Crippen LogP contribution in [-0.2, 0) is 4.58 Å². The molecule has 0 saturated carbocycles. The van der Waals surface area contributed by atoms with E-state index in [2.05, 4.69) is 4.58 Å². The predicted octanol–water partition coefficient (Wildman–Crippen LogP) is -1.57. The van der Waals surface area contributed by atoms with Crippen LogP contribution in [0.2, 0.25) is 19.6 Å². The van der Waals surface area contributed by atoms with Crippen molar-refractivity contribution in [3.05, 3.63) is 0 Å². The summed E-state index contributed by atoms with van der Waals surface area (Å²) in [6.45, 7) is 5.73. The summed E-state index contributed by atoms with van der Waals surface area (Å²) in [5.41, 5.74) is 0. The third-order valence-corrected chi connectivity index (χ3v) is 0.822. The Balaban J connectivity index is -0.000000125. The minimum Gasteiger partial charge on any atom is -1.00 e. The molecule has 0 aromatic rings. The van der Waals surface area contributed by atoms with E-state index in [0.29, 0.717) is 0 Å². The fraction of sp³-hybridized carbons (Fsp3) is 1.00. The molecule has 2 nitrogen and oxygen atoms in total. The van der Waals surface area contributed by atoms with E-state index in [-0.39, 0.29) is 52.8 Å². The maximum atomic E-state index is 7.96. The normalized spacial score (nSPS) is 10.3. The average Bonchev–Trinajstić information content (AvgIpc) is 1.35. The van der Waals surface area contributed by atoms with Gasteiger partial charge in [0.05, 0.1) is 0 Å². The van der Waals surface area contributed by atoms with E-state index >= 15 is 0 Å². The van der Waals surface area contributed by atoms with Crippen molar-refractivity contribution in [1.82, 2.24) is 0 Å². The van der Waals surface area contributed by atoms with Crippen LogP contribution in [0.15, 0.2) is 0 Å². The summed E-state index contributed by atoms with van der Waals surface area (Å²) in [6.07, 6.45) is 0. The van der Waals surface area contributed by atoms with Gasteiger partial charge >= 0.3 is 51.4 Å². The van der Waals surface area contributed by atoms with Crippen LogP contribution in [0.25, 0.3) is 0 Å². The molecule has 0 aliphatic heterocycles. The van der Waals surface area contributed by atoms with Crippen LogP contribution in [0, 0.1) is 0 Å². The van der Waals surface area contributed by atoms with Crippen molar-refractivity contribution in [2.75, 3.05) is 0 Å². The first-order valence-electron chi connectivity index (χ1n) is 1.89. The predicted molar refractivity (Wildman–Crippen MR) is 28.2 cm³/mol. The summed E-state index contributed by atoms with van der Waals surface area (Å²) in [6, 6.07) is 0. The van der Waals surface area contributed by atoms with Crippen LogP contribution in [0.5, 0.6) is 0 Å². The van der Waals surface area contributed by atoms with Gasteiger partial charge in [0.25, 0.3) is 0 Å². The van der Waals surface area contributed by atoms with E-state index in [1.54, 1.807) is 0 Å². The smallest absolute Gasteiger partial charge is 1.00 e. The van der Waals surface area contributed by atoms with E-state index in [1.165, 1.54) is 0 Å². The monoisotopic (exact) mass is 146 g/mol. The van der Waals surface area contributed by atoms with E-state index < -0.39 is 8.32 Å². The summed E-state index contributed by atoms with van der Waals surface area (Å²) in [4.78, 5) is 0. The Morgan fingerprint density at radius 1 is 1.43 bits per heavy atom. The standard InChI is InChI=1S/C3H10O2Si.K.H/c1-6(2,3)5-4;;/h4H,1-3H3;;/q;+1;-1. The summed E-state index contributed by atoms with van der Waals surface area (Å²) >= 11 is 0. The van der Waals surface area contributed by atoms with Gasteiger partial charge < -0.3 is 1.43 Å². The number of rotatable bonds is 1. The maximum Gasteiger partial charge on any atom is 1.00 e. The molecule has 4 heteroatoms.